The molecule has 2 atom stereocenters. The van der Waals surface area contributed by atoms with E-state index in [2.05, 4.69) is 10.6 Å². The third-order valence-electron chi connectivity index (χ3n) is 2.86. The van der Waals surface area contributed by atoms with E-state index in [1.54, 1.807) is 0 Å². The van der Waals surface area contributed by atoms with Gasteiger partial charge >= 0.3 is 0 Å². The zero-order valence-corrected chi connectivity index (χ0v) is 9.65. The van der Waals surface area contributed by atoms with Gasteiger partial charge in [0.2, 0.25) is 11.8 Å². The fourth-order valence-corrected chi connectivity index (χ4v) is 1.82. The van der Waals surface area contributed by atoms with E-state index in [0.29, 0.717) is 5.56 Å². The Morgan fingerprint density at radius 3 is 2.61 bits per heavy atom. The van der Waals surface area contributed by atoms with E-state index in [0.717, 1.165) is 0 Å². The molecule has 5 nitrogen and oxygen atoms in total. The molecule has 0 unspecified atom stereocenters. The van der Waals surface area contributed by atoms with Crippen LogP contribution in [-0.4, -0.2) is 30.4 Å². The third kappa shape index (κ3) is 2.65. The van der Waals surface area contributed by atoms with Crippen molar-refractivity contribution in [1.82, 2.24) is 10.6 Å². The van der Waals surface area contributed by atoms with Crippen LogP contribution in [0.3, 0.4) is 0 Å². The highest BCUT2D eigenvalue weighted by atomic mass is 19.1. The van der Waals surface area contributed by atoms with Crippen molar-refractivity contribution in [2.45, 2.75) is 18.5 Å². The fraction of sp³-hybridized carbons (Fsp3) is 0.333. The molecule has 1 heterocycles. The Bertz CT molecular complexity index is 461. The average Bonchev–Trinajstić information content (AvgIpc) is 2.36. The van der Waals surface area contributed by atoms with Crippen LogP contribution in [0.15, 0.2) is 24.3 Å². The minimum Gasteiger partial charge on any atom is -0.348 e. The van der Waals surface area contributed by atoms with Gasteiger partial charge < -0.3 is 16.4 Å². The van der Waals surface area contributed by atoms with E-state index in [9.17, 15) is 14.0 Å². The zero-order chi connectivity index (χ0) is 13.1. The van der Waals surface area contributed by atoms with Crippen LogP contribution >= 0.6 is 0 Å². The van der Waals surface area contributed by atoms with Gasteiger partial charge in [-0.1, -0.05) is 12.1 Å². The van der Waals surface area contributed by atoms with Gasteiger partial charge in [0.1, 0.15) is 11.9 Å². The largest absolute Gasteiger partial charge is 0.348 e. The molecule has 0 bridgehead atoms. The first kappa shape index (κ1) is 12.5. The second-order valence-electron chi connectivity index (χ2n) is 4.20. The molecule has 96 valence electrons. The van der Waals surface area contributed by atoms with Crippen molar-refractivity contribution >= 4 is 11.8 Å². The van der Waals surface area contributed by atoms with Crippen molar-refractivity contribution in [3.8, 4) is 0 Å². The van der Waals surface area contributed by atoms with Crippen molar-refractivity contribution in [2.24, 2.45) is 5.73 Å². The van der Waals surface area contributed by atoms with Gasteiger partial charge in [0.15, 0.2) is 0 Å². The van der Waals surface area contributed by atoms with Crippen LogP contribution in [0, 0.1) is 5.82 Å². The third-order valence-corrected chi connectivity index (χ3v) is 2.86. The van der Waals surface area contributed by atoms with Gasteiger partial charge in [0.25, 0.3) is 0 Å². The molecule has 1 aliphatic heterocycles. The monoisotopic (exact) mass is 251 g/mol. The number of halogens is 1. The molecule has 1 fully saturated rings. The smallest absolute Gasteiger partial charge is 0.245 e. The number of hydrogen-bond acceptors (Lipinski definition) is 3. The molecule has 1 aromatic rings. The van der Waals surface area contributed by atoms with Gasteiger partial charge in [-0.15, -0.1) is 0 Å². The van der Waals surface area contributed by atoms with Crippen molar-refractivity contribution < 1.29 is 14.0 Å². The Balaban J connectivity index is 1.89. The summed E-state index contributed by atoms with van der Waals surface area (Å²) in [6, 6.07) is 4.91. The van der Waals surface area contributed by atoms with Gasteiger partial charge in [0.05, 0.1) is 12.5 Å². The predicted molar refractivity (Wildman–Crippen MR) is 63.0 cm³/mol. The van der Waals surface area contributed by atoms with Crippen molar-refractivity contribution in [2.75, 3.05) is 6.54 Å². The number of amides is 2. The summed E-state index contributed by atoms with van der Waals surface area (Å²) in [5.41, 5.74) is 6.12. The Hall–Kier alpha value is -1.95. The van der Waals surface area contributed by atoms with Gasteiger partial charge in [-0.3, -0.25) is 9.59 Å². The number of β-lactam (4-membered cyclic amide) rings is 1. The first-order valence-corrected chi connectivity index (χ1v) is 5.64. The second-order valence-corrected chi connectivity index (χ2v) is 4.20. The standard InChI is InChI=1S/C12H14FN3O2/c13-8-3-1-7(2-4-8)5-10(17)16-11-9(6-14)15-12(11)18/h1-4,9,11H,5-6,14H2,(H,15,18)(H,16,17)/t9-,11+/m0/s1. The van der Waals surface area contributed by atoms with Crippen LogP contribution < -0.4 is 16.4 Å². The zero-order valence-electron chi connectivity index (χ0n) is 9.65. The number of carbonyl (C=O) groups is 2. The van der Waals surface area contributed by atoms with E-state index in [1.807, 2.05) is 0 Å². The second kappa shape index (κ2) is 5.14. The summed E-state index contributed by atoms with van der Waals surface area (Å²) in [6.45, 7) is 0.285. The number of carbonyl (C=O) groups excluding carboxylic acids is 2. The van der Waals surface area contributed by atoms with E-state index in [4.69, 9.17) is 5.73 Å². The molecule has 0 spiro atoms. The Morgan fingerprint density at radius 1 is 1.39 bits per heavy atom. The topological polar surface area (TPSA) is 84.2 Å². The number of benzene rings is 1. The van der Waals surface area contributed by atoms with Crippen LogP contribution in [0.25, 0.3) is 0 Å². The van der Waals surface area contributed by atoms with Gasteiger partial charge in [-0.25, -0.2) is 4.39 Å². The summed E-state index contributed by atoms with van der Waals surface area (Å²) in [5.74, 6) is -0.849. The summed E-state index contributed by atoms with van der Waals surface area (Å²) in [5, 5.41) is 5.20. The molecule has 1 aromatic carbocycles. The van der Waals surface area contributed by atoms with Gasteiger partial charge in [0, 0.05) is 6.54 Å². The minimum atomic E-state index is -0.553. The molecule has 1 saturated heterocycles. The molecular formula is C12H14FN3O2. The summed E-state index contributed by atoms with van der Waals surface area (Å²) < 4.78 is 12.7. The first-order valence-electron chi connectivity index (χ1n) is 5.64. The lowest BCUT2D eigenvalue weighted by Gasteiger charge is -2.36. The molecule has 2 amide bonds. The Labute approximate surface area is 104 Å². The lowest BCUT2D eigenvalue weighted by atomic mass is 9.99. The maximum absolute atomic E-state index is 12.7. The Morgan fingerprint density at radius 2 is 2.06 bits per heavy atom. The van der Waals surface area contributed by atoms with Crippen molar-refractivity contribution in [3.05, 3.63) is 35.6 Å². The maximum atomic E-state index is 12.7. The lowest BCUT2D eigenvalue weighted by molar-refractivity contribution is -0.135. The SMILES string of the molecule is NC[C@@H]1NC(=O)[C@@H]1NC(=O)Cc1ccc(F)cc1. The van der Waals surface area contributed by atoms with E-state index >= 15 is 0 Å². The van der Waals surface area contributed by atoms with Crippen LogP contribution in [0.2, 0.25) is 0 Å². The highest BCUT2D eigenvalue weighted by Crippen LogP contribution is 2.07. The van der Waals surface area contributed by atoms with Crippen LogP contribution in [-0.2, 0) is 16.0 Å². The van der Waals surface area contributed by atoms with Gasteiger partial charge in [-0.05, 0) is 17.7 Å². The molecule has 1 aliphatic rings. The quantitative estimate of drug-likeness (QED) is 0.619. The molecule has 0 radical (unpaired) electrons. The number of rotatable bonds is 4. The number of nitrogens with two attached hydrogens (primary N) is 1. The molecule has 0 saturated carbocycles. The van der Waals surface area contributed by atoms with E-state index in [1.165, 1.54) is 24.3 Å². The van der Waals surface area contributed by atoms with Crippen LogP contribution in [0.4, 0.5) is 4.39 Å². The predicted octanol–water partition coefficient (Wildman–Crippen LogP) is -0.690. The Kier molecular flexibility index (Phi) is 3.57. The summed E-state index contributed by atoms with van der Waals surface area (Å²) >= 11 is 0. The average molecular weight is 251 g/mol. The van der Waals surface area contributed by atoms with E-state index < -0.39 is 6.04 Å². The first-order chi connectivity index (χ1) is 8.60. The van der Waals surface area contributed by atoms with Crippen molar-refractivity contribution in [3.63, 3.8) is 0 Å². The summed E-state index contributed by atoms with van der Waals surface area (Å²) in [6.07, 6.45) is 0.112. The van der Waals surface area contributed by atoms with Crippen LogP contribution in [0.1, 0.15) is 5.56 Å². The molecule has 6 heteroatoms. The molecular weight excluding hydrogens is 237 g/mol. The number of hydrogen-bond donors (Lipinski definition) is 3. The van der Waals surface area contributed by atoms with Gasteiger partial charge in [-0.2, -0.15) is 0 Å². The summed E-state index contributed by atoms with van der Waals surface area (Å²) in [7, 11) is 0. The molecule has 2 rings (SSSR count). The highest BCUT2D eigenvalue weighted by Gasteiger charge is 2.39. The highest BCUT2D eigenvalue weighted by molar-refractivity contribution is 5.93. The molecule has 18 heavy (non-hydrogen) atoms. The lowest BCUT2D eigenvalue weighted by Crippen LogP contribution is -2.71. The molecule has 4 N–H and O–H groups in total. The minimum absolute atomic E-state index is 0.112. The normalized spacial score (nSPS) is 22.0. The summed E-state index contributed by atoms with van der Waals surface area (Å²) in [4.78, 5) is 22.9. The van der Waals surface area contributed by atoms with E-state index in [-0.39, 0.29) is 36.6 Å². The molecule has 0 aromatic heterocycles. The fourth-order valence-electron chi connectivity index (χ4n) is 1.82. The maximum Gasteiger partial charge on any atom is 0.245 e. The molecule has 0 aliphatic carbocycles. The number of nitrogens with one attached hydrogen (secondary N) is 2. The van der Waals surface area contributed by atoms with Crippen LogP contribution in [0.5, 0.6) is 0 Å². The van der Waals surface area contributed by atoms with Crippen molar-refractivity contribution in [1.29, 1.82) is 0 Å².